The Kier molecular flexibility index (Phi) is 3.41. The standard InChI is InChI=1S/C13H14N2O4/c1-7(16)14-11-9-5-4-8(18-2)6-10(9)15-12(11)13(17)19-3/h4-6,15H,1-3H3,(H,14,16). The molecule has 1 amide bonds. The highest BCUT2D eigenvalue weighted by molar-refractivity contribution is 6.10. The van der Waals surface area contributed by atoms with Crippen molar-refractivity contribution in [2.75, 3.05) is 19.5 Å². The first-order valence-electron chi connectivity index (χ1n) is 5.62. The molecular formula is C13H14N2O4. The number of fused-ring (bicyclic) bond motifs is 1. The van der Waals surface area contributed by atoms with Crippen LogP contribution in [0.3, 0.4) is 0 Å². The average Bonchev–Trinajstić information content (AvgIpc) is 2.75. The van der Waals surface area contributed by atoms with Crippen LogP contribution in [0.5, 0.6) is 5.75 Å². The lowest BCUT2D eigenvalue weighted by Gasteiger charge is -2.03. The van der Waals surface area contributed by atoms with Gasteiger partial charge in [0, 0.05) is 18.4 Å². The molecule has 19 heavy (non-hydrogen) atoms. The molecule has 0 saturated carbocycles. The predicted octanol–water partition coefficient (Wildman–Crippen LogP) is 1.92. The van der Waals surface area contributed by atoms with Crippen molar-refractivity contribution < 1.29 is 19.1 Å². The van der Waals surface area contributed by atoms with E-state index in [1.54, 1.807) is 25.3 Å². The number of anilines is 1. The normalized spacial score (nSPS) is 10.3. The van der Waals surface area contributed by atoms with Crippen molar-refractivity contribution in [1.82, 2.24) is 4.98 Å². The van der Waals surface area contributed by atoms with Crippen molar-refractivity contribution in [3.8, 4) is 5.75 Å². The van der Waals surface area contributed by atoms with Crippen LogP contribution in [0.25, 0.3) is 10.9 Å². The molecule has 0 bridgehead atoms. The number of methoxy groups -OCH3 is 2. The maximum atomic E-state index is 11.7. The Labute approximate surface area is 109 Å². The highest BCUT2D eigenvalue weighted by Crippen LogP contribution is 2.30. The molecule has 6 nitrogen and oxygen atoms in total. The van der Waals surface area contributed by atoms with Crippen LogP contribution in [-0.4, -0.2) is 31.1 Å². The van der Waals surface area contributed by atoms with Crippen LogP contribution in [0, 0.1) is 0 Å². The summed E-state index contributed by atoms with van der Waals surface area (Å²) in [6, 6.07) is 5.26. The minimum absolute atomic E-state index is 0.209. The van der Waals surface area contributed by atoms with Gasteiger partial charge in [-0.2, -0.15) is 0 Å². The van der Waals surface area contributed by atoms with Crippen LogP contribution in [0.1, 0.15) is 17.4 Å². The fourth-order valence-corrected chi connectivity index (χ4v) is 1.86. The third-order valence-electron chi connectivity index (χ3n) is 2.70. The van der Waals surface area contributed by atoms with E-state index >= 15 is 0 Å². The van der Waals surface area contributed by atoms with Gasteiger partial charge in [-0.25, -0.2) is 4.79 Å². The summed E-state index contributed by atoms with van der Waals surface area (Å²) in [5.41, 5.74) is 1.31. The monoisotopic (exact) mass is 262 g/mol. The lowest BCUT2D eigenvalue weighted by atomic mass is 10.2. The van der Waals surface area contributed by atoms with Gasteiger partial charge in [0.05, 0.1) is 25.4 Å². The fourth-order valence-electron chi connectivity index (χ4n) is 1.86. The van der Waals surface area contributed by atoms with Gasteiger partial charge in [-0.1, -0.05) is 0 Å². The molecule has 0 spiro atoms. The quantitative estimate of drug-likeness (QED) is 0.828. The molecule has 0 aliphatic heterocycles. The summed E-state index contributed by atoms with van der Waals surface area (Å²) in [4.78, 5) is 25.9. The molecular weight excluding hydrogens is 248 g/mol. The summed E-state index contributed by atoms with van der Waals surface area (Å²) in [7, 11) is 2.84. The minimum atomic E-state index is -0.543. The van der Waals surface area contributed by atoms with Crippen LogP contribution in [0.15, 0.2) is 18.2 Å². The van der Waals surface area contributed by atoms with Crippen LogP contribution < -0.4 is 10.1 Å². The van der Waals surface area contributed by atoms with E-state index in [1.165, 1.54) is 14.0 Å². The van der Waals surface area contributed by atoms with Gasteiger partial charge in [0.1, 0.15) is 11.4 Å². The summed E-state index contributed by atoms with van der Waals surface area (Å²) in [5.74, 6) is -0.152. The van der Waals surface area contributed by atoms with Crippen molar-refractivity contribution in [3.05, 3.63) is 23.9 Å². The number of benzene rings is 1. The number of hydrogen-bond acceptors (Lipinski definition) is 4. The van der Waals surface area contributed by atoms with Crippen LogP contribution in [-0.2, 0) is 9.53 Å². The third-order valence-corrected chi connectivity index (χ3v) is 2.70. The largest absolute Gasteiger partial charge is 0.497 e. The SMILES string of the molecule is COC(=O)c1[nH]c2cc(OC)ccc2c1NC(C)=O. The minimum Gasteiger partial charge on any atom is -0.497 e. The molecule has 0 atom stereocenters. The molecule has 0 fully saturated rings. The Morgan fingerprint density at radius 1 is 1.26 bits per heavy atom. The number of H-pyrrole nitrogens is 1. The molecule has 6 heteroatoms. The summed E-state index contributed by atoms with van der Waals surface area (Å²) >= 11 is 0. The first-order valence-corrected chi connectivity index (χ1v) is 5.62. The zero-order valence-corrected chi connectivity index (χ0v) is 10.9. The predicted molar refractivity (Wildman–Crippen MR) is 70.5 cm³/mol. The second kappa shape index (κ2) is 5.01. The molecule has 0 saturated heterocycles. The Bertz CT molecular complexity index is 645. The van der Waals surface area contributed by atoms with E-state index in [4.69, 9.17) is 9.47 Å². The van der Waals surface area contributed by atoms with Crippen molar-refractivity contribution in [2.24, 2.45) is 0 Å². The first-order chi connectivity index (χ1) is 9.06. The number of amides is 1. The number of hydrogen-bond donors (Lipinski definition) is 2. The van der Waals surface area contributed by atoms with Gasteiger partial charge in [-0.3, -0.25) is 4.79 Å². The van der Waals surface area contributed by atoms with Gasteiger partial charge in [-0.05, 0) is 12.1 Å². The molecule has 0 unspecified atom stereocenters. The molecule has 2 N–H and O–H groups in total. The smallest absolute Gasteiger partial charge is 0.356 e. The van der Waals surface area contributed by atoms with Gasteiger partial charge in [0.25, 0.3) is 0 Å². The Morgan fingerprint density at radius 2 is 2.00 bits per heavy atom. The molecule has 0 aliphatic carbocycles. The van der Waals surface area contributed by atoms with Crippen molar-refractivity contribution in [3.63, 3.8) is 0 Å². The van der Waals surface area contributed by atoms with E-state index in [2.05, 4.69) is 10.3 Å². The van der Waals surface area contributed by atoms with Crippen molar-refractivity contribution in [1.29, 1.82) is 0 Å². The number of ether oxygens (including phenoxy) is 2. The van der Waals surface area contributed by atoms with Gasteiger partial charge >= 0.3 is 5.97 Å². The average molecular weight is 262 g/mol. The molecule has 0 aliphatic rings. The Morgan fingerprint density at radius 3 is 2.58 bits per heavy atom. The highest BCUT2D eigenvalue weighted by atomic mass is 16.5. The summed E-state index contributed by atoms with van der Waals surface area (Å²) in [5, 5.41) is 3.36. The number of carbonyl (C=O) groups is 2. The lowest BCUT2D eigenvalue weighted by Crippen LogP contribution is -2.11. The number of rotatable bonds is 3. The molecule has 2 rings (SSSR count). The van der Waals surface area contributed by atoms with E-state index < -0.39 is 5.97 Å². The Balaban J connectivity index is 2.64. The fraction of sp³-hybridized carbons (Fsp3) is 0.231. The zero-order valence-electron chi connectivity index (χ0n) is 10.9. The second-order valence-electron chi connectivity index (χ2n) is 3.96. The van der Waals surface area contributed by atoms with Gasteiger partial charge in [-0.15, -0.1) is 0 Å². The number of nitrogens with one attached hydrogen (secondary N) is 2. The molecule has 0 radical (unpaired) electrons. The highest BCUT2D eigenvalue weighted by Gasteiger charge is 2.19. The summed E-state index contributed by atoms with van der Waals surface area (Å²) in [6.07, 6.45) is 0. The topological polar surface area (TPSA) is 80.4 Å². The number of aromatic nitrogens is 1. The molecule has 100 valence electrons. The van der Waals surface area contributed by atoms with Gasteiger partial charge in [0.2, 0.25) is 5.91 Å². The van der Waals surface area contributed by atoms with E-state index in [0.29, 0.717) is 17.0 Å². The lowest BCUT2D eigenvalue weighted by molar-refractivity contribution is -0.114. The van der Waals surface area contributed by atoms with Crippen LogP contribution in [0.2, 0.25) is 0 Å². The van der Waals surface area contributed by atoms with E-state index in [-0.39, 0.29) is 11.6 Å². The second-order valence-corrected chi connectivity index (χ2v) is 3.96. The maximum Gasteiger partial charge on any atom is 0.356 e. The maximum absolute atomic E-state index is 11.7. The van der Waals surface area contributed by atoms with E-state index in [9.17, 15) is 9.59 Å². The van der Waals surface area contributed by atoms with E-state index in [1.807, 2.05) is 0 Å². The number of aromatic amines is 1. The van der Waals surface area contributed by atoms with Crippen molar-refractivity contribution >= 4 is 28.5 Å². The summed E-state index contributed by atoms with van der Waals surface area (Å²) in [6.45, 7) is 1.38. The third kappa shape index (κ3) is 2.37. The Hall–Kier alpha value is -2.50. The number of esters is 1. The summed E-state index contributed by atoms with van der Waals surface area (Å²) < 4.78 is 9.81. The van der Waals surface area contributed by atoms with Crippen LogP contribution >= 0.6 is 0 Å². The first kappa shape index (κ1) is 12.9. The molecule has 1 aromatic carbocycles. The molecule has 1 aromatic heterocycles. The molecule has 2 aromatic rings. The zero-order chi connectivity index (χ0) is 14.0. The van der Waals surface area contributed by atoms with E-state index in [0.717, 1.165) is 5.39 Å². The van der Waals surface area contributed by atoms with Crippen LogP contribution in [0.4, 0.5) is 5.69 Å². The number of carbonyl (C=O) groups excluding carboxylic acids is 2. The molecule has 1 heterocycles. The van der Waals surface area contributed by atoms with Gasteiger partial charge in [0.15, 0.2) is 0 Å². The van der Waals surface area contributed by atoms with Gasteiger partial charge < -0.3 is 19.8 Å². The van der Waals surface area contributed by atoms with Crippen molar-refractivity contribution in [2.45, 2.75) is 6.92 Å².